The van der Waals surface area contributed by atoms with E-state index in [0.29, 0.717) is 32.7 Å². The number of fused-ring (bicyclic) bond motifs is 1. The summed E-state index contributed by atoms with van der Waals surface area (Å²) < 4.78 is 33.5. The van der Waals surface area contributed by atoms with Gasteiger partial charge in [-0.2, -0.15) is 0 Å². The number of alkyl halides is 1. The van der Waals surface area contributed by atoms with Crippen LogP contribution >= 0.6 is 29.7 Å². The second-order valence-electron chi connectivity index (χ2n) is 7.27. The summed E-state index contributed by atoms with van der Waals surface area (Å²) in [5.41, 5.74) is 0.870. The van der Waals surface area contributed by atoms with E-state index in [9.17, 15) is 0 Å². The highest BCUT2D eigenvalue weighted by atomic mass is 127. The molecule has 0 amide bonds. The third-order valence-corrected chi connectivity index (χ3v) is 9.26. The van der Waals surface area contributed by atoms with Crippen LogP contribution in [-0.4, -0.2) is 6.79 Å². The summed E-state index contributed by atoms with van der Waals surface area (Å²) in [5.74, 6) is 2.33. The monoisotopic (exact) mass is 554 g/mol. The van der Waals surface area contributed by atoms with Crippen molar-refractivity contribution in [2.75, 3.05) is 6.79 Å². The van der Waals surface area contributed by atoms with Crippen LogP contribution in [0.2, 0.25) is 0 Å². The topological polar surface area (TPSA) is 44.8 Å². The van der Waals surface area contributed by atoms with Gasteiger partial charge in [0.05, 0.1) is 0 Å². The Morgan fingerprint density at radius 3 is 1.88 bits per heavy atom. The normalized spacial score (nSPS) is 12.5. The fourth-order valence-corrected chi connectivity index (χ4v) is 7.84. The lowest BCUT2D eigenvalue weighted by Gasteiger charge is -2.24. The maximum atomic E-state index is 15.0. The van der Waals surface area contributed by atoms with E-state index in [4.69, 9.17) is 14.2 Å². The van der Waals surface area contributed by atoms with Gasteiger partial charge in [0.1, 0.15) is 5.75 Å². The van der Waals surface area contributed by atoms with Gasteiger partial charge >= 0.3 is 0 Å². The molecule has 0 saturated carbocycles. The number of para-hydroxylation sites is 1. The molecule has 1 heterocycles. The molecule has 160 valence electrons. The Morgan fingerprint density at radius 1 is 0.781 bits per heavy atom. The molecule has 1 aliphatic heterocycles. The summed E-state index contributed by atoms with van der Waals surface area (Å²) >= 11 is 2.29. The Bertz CT molecular complexity index is 1230. The molecule has 0 saturated heterocycles. The molecule has 4 aromatic rings. The molecular weight excluding hydrogens is 534 g/mol. The zero-order valence-corrected chi connectivity index (χ0v) is 20.2. The quantitative estimate of drug-likeness (QED) is 0.172. The second-order valence-corrected chi connectivity index (χ2v) is 10.8. The van der Waals surface area contributed by atoms with Gasteiger partial charge in [0, 0.05) is 25.9 Å². The fraction of sp³-hybridized carbons (Fsp3) is 0.0769. The molecular formula is C26H20IO4P. The van der Waals surface area contributed by atoms with Crippen LogP contribution in [0.3, 0.4) is 0 Å². The first-order valence-electron chi connectivity index (χ1n) is 10.2. The van der Waals surface area contributed by atoms with Crippen LogP contribution < -0.4 is 30.1 Å². The SMILES string of the molecule is O=P(c1ccccc1)(c1ccccc1)c1cc(Oc2ccccc2)c2c(c1CI)OCO2. The van der Waals surface area contributed by atoms with Crippen molar-refractivity contribution in [3.63, 3.8) is 0 Å². The highest BCUT2D eigenvalue weighted by molar-refractivity contribution is 14.1. The van der Waals surface area contributed by atoms with Crippen molar-refractivity contribution in [3.05, 3.63) is 103 Å². The first kappa shape index (κ1) is 21.1. The van der Waals surface area contributed by atoms with Gasteiger partial charge in [0.2, 0.25) is 12.5 Å². The smallest absolute Gasteiger partial charge is 0.231 e. The van der Waals surface area contributed by atoms with Crippen molar-refractivity contribution in [3.8, 4) is 23.0 Å². The van der Waals surface area contributed by atoms with Gasteiger partial charge < -0.3 is 18.8 Å². The minimum Gasteiger partial charge on any atom is -0.453 e. The summed E-state index contributed by atoms with van der Waals surface area (Å²) in [7, 11) is -3.21. The average Bonchev–Trinajstić information content (AvgIpc) is 3.35. The third kappa shape index (κ3) is 3.70. The van der Waals surface area contributed by atoms with Gasteiger partial charge in [-0.3, -0.25) is 0 Å². The largest absolute Gasteiger partial charge is 0.453 e. The number of rotatable bonds is 6. The molecule has 4 aromatic carbocycles. The molecule has 0 spiro atoms. The molecule has 4 nitrogen and oxygen atoms in total. The summed E-state index contributed by atoms with van der Waals surface area (Å²) in [6, 6.07) is 30.6. The lowest BCUT2D eigenvalue weighted by molar-refractivity contribution is 0.171. The highest BCUT2D eigenvalue weighted by Gasteiger charge is 2.37. The zero-order chi connectivity index (χ0) is 22.0. The molecule has 0 N–H and O–H groups in total. The molecule has 5 rings (SSSR count). The Labute approximate surface area is 200 Å². The number of hydrogen-bond acceptors (Lipinski definition) is 4. The van der Waals surface area contributed by atoms with Crippen molar-refractivity contribution in [2.24, 2.45) is 0 Å². The van der Waals surface area contributed by atoms with Crippen LogP contribution in [0.5, 0.6) is 23.0 Å². The lowest BCUT2D eigenvalue weighted by Crippen LogP contribution is -2.27. The van der Waals surface area contributed by atoms with E-state index in [0.717, 1.165) is 16.2 Å². The Balaban J connectivity index is 1.78. The molecule has 32 heavy (non-hydrogen) atoms. The third-order valence-electron chi connectivity index (χ3n) is 5.37. The van der Waals surface area contributed by atoms with Crippen LogP contribution in [-0.2, 0) is 8.99 Å². The minimum atomic E-state index is -3.21. The van der Waals surface area contributed by atoms with E-state index in [1.807, 2.05) is 97.1 Å². The lowest BCUT2D eigenvalue weighted by atomic mass is 10.2. The van der Waals surface area contributed by atoms with Gasteiger partial charge in [-0.15, -0.1) is 0 Å². The molecule has 0 aromatic heterocycles. The van der Waals surface area contributed by atoms with Gasteiger partial charge in [-0.05, 0) is 18.2 Å². The van der Waals surface area contributed by atoms with Gasteiger partial charge in [-0.1, -0.05) is 101 Å². The molecule has 6 heteroatoms. The summed E-state index contributed by atoms with van der Waals surface area (Å²) in [4.78, 5) is 0. The maximum Gasteiger partial charge on any atom is 0.231 e. The molecule has 0 atom stereocenters. The maximum absolute atomic E-state index is 15.0. The van der Waals surface area contributed by atoms with Gasteiger partial charge in [0.15, 0.2) is 18.6 Å². The minimum absolute atomic E-state index is 0.106. The molecule has 0 unspecified atom stereocenters. The van der Waals surface area contributed by atoms with E-state index in [1.54, 1.807) is 0 Å². The van der Waals surface area contributed by atoms with Gasteiger partial charge in [0.25, 0.3) is 0 Å². The van der Waals surface area contributed by atoms with E-state index >= 15 is 4.57 Å². The Morgan fingerprint density at radius 2 is 1.31 bits per heavy atom. The second kappa shape index (κ2) is 9.00. The van der Waals surface area contributed by atoms with Crippen molar-refractivity contribution in [1.82, 2.24) is 0 Å². The Kier molecular flexibility index (Phi) is 5.94. The predicted octanol–water partition coefficient (Wildman–Crippen LogP) is 5.78. The van der Waals surface area contributed by atoms with Crippen LogP contribution in [0.25, 0.3) is 0 Å². The van der Waals surface area contributed by atoms with E-state index in [2.05, 4.69) is 22.6 Å². The van der Waals surface area contributed by atoms with Crippen molar-refractivity contribution in [1.29, 1.82) is 0 Å². The average molecular weight is 554 g/mol. The molecule has 0 fully saturated rings. The van der Waals surface area contributed by atoms with E-state index in [-0.39, 0.29) is 6.79 Å². The first-order valence-corrected chi connectivity index (χ1v) is 13.4. The summed E-state index contributed by atoms with van der Waals surface area (Å²) in [6.07, 6.45) is 0. The van der Waals surface area contributed by atoms with Crippen LogP contribution in [0.15, 0.2) is 97.1 Å². The Hall–Kier alpha value is -2.76. The molecule has 0 radical (unpaired) electrons. The highest BCUT2D eigenvalue weighted by Crippen LogP contribution is 2.52. The number of ether oxygens (including phenoxy) is 3. The first-order chi connectivity index (χ1) is 15.7. The van der Waals surface area contributed by atoms with E-state index < -0.39 is 7.14 Å². The fourth-order valence-electron chi connectivity index (χ4n) is 3.88. The number of benzene rings is 4. The number of halogens is 1. The van der Waals surface area contributed by atoms with Gasteiger partial charge in [-0.25, -0.2) is 0 Å². The standard InChI is InChI=1S/C26H20IO4P/c27-17-22-24(32(28,20-12-6-2-7-13-20)21-14-8-3-9-15-21)16-23(26-25(22)29-18-30-26)31-19-10-4-1-5-11-19/h1-16H,17-18H2. The van der Waals surface area contributed by atoms with Crippen molar-refractivity contribution < 1.29 is 18.8 Å². The van der Waals surface area contributed by atoms with Crippen molar-refractivity contribution in [2.45, 2.75) is 4.43 Å². The molecule has 0 bridgehead atoms. The number of hydrogen-bond donors (Lipinski definition) is 0. The predicted molar refractivity (Wildman–Crippen MR) is 136 cm³/mol. The molecule has 0 aliphatic carbocycles. The zero-order valence-electron chi connectivity index (χ0n) is 17.1. The van der Waals surface area contributed by atoms with Crippen LogP contribution in [0, 0.1) is 0 Å². The van der Waals surface area contributed by atoms with Crippen molar-refractivity contribution >= 4 is 45.6 Å². The molecule has 1 aliphatic rings. The summed E-state index contributed by atoms with van der Waals surface area (Å²) in [6.45, 7) is 0.106. The summed E-state index contributed by atoms with van der Waals surface area (Å²) in [5, 5.41) is 2.24. The van der Waals surface area contributed by atoms with E-state index in [1.165, 1.54) is 0 Å². The van der Waals surface area contributed by atoms with Crippen LogP contribution in [0.1, 0.15) is 5.56 Å². The van der Waals surface area contributed by atoms with Crippen LogP contribution in [0.4, 0.5) is 0 Å².